The van der Waals surface area contributed by atoms with Crippen LogP contribution < -0.4 is 5.11 Å². The summed E-state index contributed by atoms with van der Waals surface area (Å²) in [7, 11) is 0. The highest BCUT2D eigenvalue weighted by Crippen LogP contribution is 2.30. The second kappa shape index (κ2) is 7.25. The molecule has 0 saturated carbocycles. The molecule has 0 aliphatic rings. The normalized spacial score (nSPS) is 13.1. The van der Waals surface area contributed by atoms with E-state index >= 15 is 0 Å². The molecule has 2 aromatic rings. The second-order valence-corrected chi connectivity index (χ2v) is 5.02. The first-order chi connectivity index (χ1) is 10.2. The van der Waals surface area contributed by atoms with Crippen LogP contribution in [0.2, 0.25) is 0 Å². The summed E-state index contributed by atoms with van der Waals surface area (Å²) in [5.41, 5.74) is 2.07. The SMILES string of the molecule is N#C[C@H](CC(=O)[O-])[C@@H](Cc1ccccc1)c1ccccc1. The summed E-state index contributed by atoms with van der Waals surface area (Å²) in [5, 5.41) is 20.2. The number of hydrogen-bond donors (Lipinski definition) is 0. The zero-order valence-electron chi connectivity index (χ0n) is 11.6. The van der Waals surface area contributed by atoms with Gasteiger partial charge in [-0.05, 0) is 17.5 Å². The van der Waals surface area contributed by atoms with Crippen molar-refractivity contribution >= 4 is 5.97 Å². The fourth-order valence-corrected chi connectivity index (χ4v) is 2.52. The van der Waals surface area contributed by atoms with Crippen molar-refractivity contribution in [2.45, 2.75) is 18.8 Å². The molecule has 21 heavy (non-hydrogen) atoms. The smallest absolute Gasteiger partial charge is 0.0666 e. The predicted octanol–water partition coefficient (Wildman–Crippen LogP) is 2.29. The molecule has 3 nitrogen and oxygen atoms in total. The number of carboxylic acids is 1. The number of nitrogens with zero attached hydrogens (tertiary/aromatic N) is 1. The van der Waals surface area contributed by atoms with Crippen LogP contribution in [0.5, 0.6) is 0 Å². The molecule has 0 aliphatic carbocycles. The van der Waals surface area contributed by atoms with Gasteiger partial charge in [0.1, 0.15) is 0 Å². The molecule has 0 heterocycles. The summed E-state index contributed by atoms with van der Waals surface area (Å²) in [5.74, 6) is -1.94. The fraction of sp³-hybridized carbons (Fsp3) is 0.222. The lowest BCUT2D eigenvalue weighted by Crippen LogP contribution is -2.27. The van der Waals surface area contributed by atoms with Crippen molar-refractivity contribution in [3.8, 4) is 6.07 Å². The van der Waals surface area contributed by atoms with Gasteiger partial charge in [0.2, 0.25) is 0 Å². The highest BCUT2D eigenvalue weighted by atomic mass is 16.4. The van der Waals surface area contributed by atoms with Crippen molar-refractivity contribution in [2.24, 2.45) is 5.92 Å². The Bertz CT molecular complexity index is 617. The first-order valence-corrected chi connectivity index (χ1v) is 6.89. The molecule has 2 rings (SSSR count). The van der Waals surface area contributed by atoms with Crippen LogP contribution in [0.25, 0.3) is 0 Å². The molecule has 3 heteroatoms. The Morgan fingerprint density at radius 1 is 1.05 bits per heavy atom. The fourth-order valence-electron chi connectivity index (χ4n) is 2.52. The number of carbonyl (C=O) groups excluding carboxylic acids is 1. The molecule has 0 bridgehead atoms. The first kappa shape index (κ1) is 14.8. The van der Waals surface area contributed by atoms with E-state index in [-0.39, 0.29) is 12.3 Å². The number of nitriles is 1. The van der Waals surface area contributed by atoms with Gasteiger partial charge in [-0.3, -0.25) is 0 Å². The van der Waals surface area contributed by atoms with Gasteiger partial charge in [0.15, 0.2) is 0 Å². The minimum Gasteiger partial charge on any atom is -0.550 e. The lowest BCUT2D eigenvalue weighted by atomic mass is 9.80. The zero-order chi connectivity index (χ0) is 15.1. The minimum absolute atomic E-state index is 0.156. The van der Waals surface area contributed by atoms with Gasteiger partial charge in [0.25, 0.3) is 0 Å². The maximum atomic E-state index is 10.9. The lowest BCUT2D eigenvalue weighted by Gasteiger charge is -2.23. The number of benzene rings is 2. The van der Waals surface area contributed by atoms with Crippen LogP contribution in [0, 0.1) is 17.2 Å². The van der Waals surface area contributed by atoms with E-state index in [1.54, 1.807) is 0 Å². The monoisotopic (exact) mass is 278 g/mol. The molecule has 0 N–H and O–H groups in total. The first-order valence-electron chi connectivity index (χ1n) is 6.89. The lowest BCUT2D eigenvalue weighted by molar-refractivity contribution is -0.306. The van der Waals surface area contributed by atoms with Crippen molar-refractivity contribution < 1.29 is 9.90 Å². The second-order valence-electron chi connectivity index (χ2n) is 5.02. The van der Waals surface area contributed by atoms with E-state index in [1.165, 1.54) is 0 Å². The third kappa shape index (κ3) is 4.19. The average molecular weight is 278 g/mol. The average Bonchev–Trinajstić information content (AvgIpc) is 2.52. The van der Waals surface area contributed by atoms with Gasteiger partial charge in [-0.1, -0.05) is 60.7 Å². The highest BCUT2D eigenvalue weighted by Gasteiger charge is 2.23. The Kier molecular flexibility index (Phi) is 5.11. The Balaban J connectivity index is 2.30. The molecule has 0 aromatic heterocycles. The molecular formula is C18H16NO2-. The maximum Gasteiger partial charge on any atom is 0.0666 e. The minimum atomic E-state index is -1.18. The van der Waals surface area contributed by atoms with Crippen LogP contribution in [0.4, 0.5) is 0 Å². The number of hydrogen-bond acceptors (Lipinski definition) is 3. The predicted molar refractivity (Wildman–Crippen MR) is 78.1 cm³/mol. The summed E-state index contributed by atoms with van der Waals surface area (Å²) in [6.45, 7) is 0. The molecule has 0 amide bonds. The highest BCUT2D eigenvalue weighted by molar-refractivity contribution is 5.65. The number of carbonyl (C=O) groups is 1. The quantitative estimate of drug-likeness (QED) is 0.814. The van der Waals surface area contributed by atoms with Gasteiger partial charge in [-0.2, -0.15) is 5.26 Å². The Morgan fingerprint density at radius 3 is 2.14 bits per heavy atom. The van der Waals surface area contributed by atoms with Crippen molar-refractivity contribution in [3.05, 3.63) is 71.8 Å². The maximum absolute atomic E-state index is 10.9. The molecule has 0 aliphatic heterocycles. The topological polar surface area (TPSA) is 63.9 Å². The van der Waals surface area contributed by atoms with Gasteiger partial charge in [-0.25, -0.2) is 0 Å². The van der Waals surface area contributed by atoms with Crippen molar-refractivity contribution in [1.82, 2.24) is 0 Å². The molecule has 2 aromatic carbocycles. The van der Waals surface area contributed by atoms with Crippen LogP contribution in [0.1, 0.15) is 23.5 Å². The van der Waals surface area contributed by atoms with E-state index in [1.807, 2.05) is 60.7 Å². The zero-order valence-corrected chi connectivity index (χ0v) is 11.6. The van der Waals surface area contributed by atoms with E-state index in [0.717, 1.165) is 11.1 Å². The van der Waals surface area contributed by atoms with Crippen LogP contribution in [0.15, 0.2) is 60.7 Å². The summed E-state index contributed by atoms with van der Waals surface area (Å²) >= 11 is 0. The Morgan fingerprint density at radius 2 is 1.62 bits per heavy atom. The molecule has 0 saturated heterocycles. The van der Waals surface area contributed by atoms with E-state index in [2.05, 4.69) is 6.07 Å². The largest absolute Gasteiger partial charge is 0.550 e. The van der Waals surface area contributed by atoms with Gasteiger partial charge < -0.3 is 9.90 Å². The number of carboxylic acid groups (broad SMARTS) is 1. The molecule has 0 fully saturated rings. The molecule has 2 atom stereocenters. The molecule has 106 valence electrons. The van der Waals surface area contributed by atoms with E-state index in [9.17, 15) is 15.2 Å². The number of rotatable bonds is 6. The van der Waals surface area contributed by atoms with E-state index in [0.29, 0.717) is 6.42 Å². The number of aliphatic carboxylic acids is 1. The van der Waals surface area contributed by atoms with Crippen molar-refractivity contribution in [2.75, 3.05) is 0 Å². The third-order valence-electron chi connectivity index (χ3n) is 3.56. The van der Waals surface area contributed by atoms with Gasteiger partial charge in [0, 0.05) is 18.3 Å². The summed E-state index contributed by atoms with van der Waals surface area (Å²) in [6.07, 6.45) is 0.388. The van der Waals surface area contributed by atoms with Gasteiger partial charge >= 0.3 is 0 Å². The summed E-state index contributed by atoms with van der Waals surface area (Å²) in [4.78, 5) is 10.9. The van der Waals surface area contributed by atoms with Crippen LogP contribution in [-0.4, -0.2) is 5.97 Å². The van der Waals surface area contributed by atoms with E-state index < -0.39 is 11.9 Å². The Labute approximate surface area is 124 Å². The summed E-state index contributed by atoms with van der Waals surface area (Å²) in [6, 6.07) is 21.5. The van der Waals surface area contributed by atoms with E-state index in [4.69, 9.17) is 0 Å². The van der Waals surface area contributed by atoms with Crippen LogP contribution >= 0.6 is 0 Å². The van der Waals surface area contributed by atoms with Crippen molar-refractivity contribution in [1.29, 1.82) is 5.26 Å². The summed E-state index contributed by atoms with van der Waals surface area (Å²) < 4.78 is 0. The van der Waals surface area contributed by atoms with Crippen molar-refractivity contribution in [3.63, 3.8) is 0 Å². The molecule has 0 spiro atoms. The standard InChI is InChI=1S/C18H17NO2/c19-13-16(12-18(20)21)17(15-9-5-2-6-10-15)11-14-7-3-1-4-8-14/h1-10,16-17H,11-12H2,(H,20,21)/p-1/t16-,17-/m0/s1. The molecule has 0 radical (unpaired) electrons. The third-order valence-corrected chi connectivity index (χ3v) is 3.56. The van der Waals surface area contributed by atoms with Gasteiger partial charge in [0.05, 0.1) is 12.0 Å². The molecule has 0 unspecified atom stereocenters. The van der Waals surface area contributed by atoms with Crippen LogP contribution in [0.3, 0.4) is 0 Å². The van der Waals surface area contributed by atoms with Crippen LogP contribution in [-0.2, 0) is 11.2 Å². The van der Waals surface area contributed by atoms with Gasteiger partial charge in [-0.15, -0.1) is 0 Å². The Hall–Kier alpha value is -2.60. The molecular weight excluding hydrogens is 262 g/mol.